The topological polar surface area (TPSA) is 71.9 Å². The fourth-order valence-corrected chi connectivity index (χ4v) is 1.14. The van der Waals surface area contributed by atoms with E-state index in [0.29, 0.717) is 0 Å². The number of pyridine rings is 1. The summed E-state index contributed by atoms with van der Waals surface area (Å²) in [4.78, 5) is 3.57. The predicted molar refractivity (Wildman–Crippen MR) is 49.5 cm³/mol. The van der Waals surface area contributed by atoms with Gasteiger partial charge in [-0.3, -0.25) is 0 Å². The van der Waals surface area contributed by atoms with Crippen molar-refractivity contribution >= 4 is 5.69 Å². The first-order valence-corrected chi connectivity index (χ1v) is 4.08. The van der Waals surface area contributed by atoms with E-state index in [2.05, 4.69) is 4.98 Å². The lowest BCUT2D eigenvalue weighted by Gasteiger charge is -2.10. The van der Waals surface area contributed by atoms with Gasteiger partial charge >= 0.3 is 0 Å². The molecule has 0 aliphatic carbocycles. The Morgan fingerprint density at radius 2 is 2.33 bits per heavy atom. The molecule has 0 bridgehead atoms. The van der Waals surface area contributed by atoms with E-state index in [-0.39, 0.29) is 23.6 Å². The van der Waals surface area contributed by atoms with E-state index in [0.717, 1.165) is 0 Å². The molecule has 0 radical (unpaired) electrons. The van der Waals surface area contributed by atoms with E-state index in [1.54, 1.807) is 6.07 Å². The van der Waals surface area contributed by atoms with Crippen LogP contribution in [-0.4, -0.2) is 12.1 Å². The molecule has 0 saturated heterocycles. The minimum Gasteiger partial charge on any atom is -0.481 e. The summed E-state index contributed by atoms with van der Waals surface area (Å²) >= 11 is 0. The Morgan fingerprint density at radius 1 is 1.67 bits per heavy atom. The largest absolute Gasteiger partial charge is 0.481 e. The average molecular weight is 213 g/mol. The number of halogens is 2. The van der Waals surface area contributed by atoms with E-state index in [1.807, 2.05) is 0 Å². The van der Waals surface area contributed by atoms with Gasteiger partial charge in [-0.2, -0.15) is 5.26 Å². The van der Waals surface area contributed by atoms with Crippen LogP contribution >= 0.6 is 0 Å². The van der Waals surface area contributed by atoms with E-state index >= 15 is 0 Å². The minimum absolute atomic E-state index is 0.0180. The summed E-state index contributed by atoms with van der Waals surface area (Å²) in [6.45, 7) is 0. The average Bonchev–Trinajstić information content (AvgIpc) is 2.20. The van der Waals surface area contributed by atoms with Crippen molar-refractivity contribution in [3.8, 4) is 11.9 Å². The van der Waals surface area contributed by atoms with Gasteiger partial charge in [-0.1, -0.05) is 0 Å². The van der Waals surface area contributed by atoms with Crippen LogP contribution in [0.5, 0.6) is 5.88 Å². The predicted octanol–water partition coefficient (Wildman–Crippen LogP) is 1.68. The number of ether oxygens (including phenoxy) is 1. The molecule has 2 N–H and O–H groups in total. The summed E-state index contributed by atoms with van der Waals surface area (Å²) < 4.78 is 29.8. The summed E-state index contributed by atoms with van der Waals surface area (Å²) in [7, 11) is 1.31. The van der Waals surface area contributed by atoms with Crippen LogP contribution in [0.2, 0.25) is 0 Å². The monoisotopic (exact) mass is 213 g/mol. The normalized spacial score (nSPS) is 10.1. The smallest absolute Gasteiger partial charge is 0.280 e. The first-order chi connectivity index (χ1) is 7.10. The molecule has 4 nitrogen and oxygen atoms in total. The van der Waals surface area contributed by atoms with Crippen LogP contribution in [-0.2, 0) is 6.42 Å². The van der Waals surface area contributed by atoms with Crippen molar-refractivity contribution in [1.82, 2.24) is 4.98 Å². The Labute approximate surface area is 85.3 Å². The maximum atomic E-state index is 12.6. The first kappa shape index (κ1) is 11.2. The minimum atomic E-state index is -2.77. The molecule has 1 rings (SSSR count). The Kier molecular flexibility index (Phi) is 3.39. The van der Waals surface area contributed by atoms with Crippen molar-refractivity contribution in [3.05, 3.63) is 17.3 Å². The van der Waals surface area contributed by atoms with Gasteiger partial charge in [0.15, 0.2) is 0 Å². The van der Waals surface area contributed by atoms with Crippen LogP contribution < -0.4 is 10.5 Å². The molecule has 0 spiro atoms. The first-order valence-electron chi connectivity index (χ1n) is 4.08. The number of methoxy groups -OCH3 is 1. The quantitative estimate of drug-likeness (QED) is 0.828. The molecular formula is C9H9F2N3O. The summed E-state index contributed by atoms with van der Waals surface area (Å²) in [6, 6.07) is 3.08. The third kappa shape index (κ3) is 2.31. The van der Waals surface area contributed by atoms with Crippen molar-refractivity contribution in [2.24, 2.45) is 0 Å². The van der Waals surface area contributed by atoms with E-state index in [1.165, 1.54) is 13.2 Å². The maximum absolute atomic E-state index is 12.6. The van der Waals surface area contributed by atoms with Gasteiger partial charge in [0.1, 0.15) is 5.69 Å². The molecule has 0 amide bonds. The van der Waals surface area contributed by atoms with Gasteiger partial charge in [0.05, 0.1) is 19.6 Å². The Balaban J connectivity index is 3.30. The molecule has 15 heavy (non-hydrogen) atoms. The zero-order valence-electron chi connectivity index (χ0n) is 8.00. The third-order valence-corrected chi connectivity index (χ3v) is 1.84. The Hall–Kier alpha value is -1.90. The number of aromatic nitrogens is 1. The van der Waals surface area contributed by atoms with Crippen LogP contribution in [0, 0.1) is 11.3 Å². The number of alkyl halides is 2. The molecule has 0 fully saturated rings. The number of hydrogen-bond acceptors (Lipinski definition) is 4. The molecule has 1 aromatic heterocycles. The number of nitriles is 1. The molecule has 0 saturated carbocycles. The summed E-state index contributed by atoms with van der Waals surface area (Å²) in [5.74, 6) is 0.0180. The lowest BCUT2D eigenvalue weighted by molar-refractivity contribution is 0.144. The second-order valence-corrected chi connectivity index (χ2v) is 2.75. The second kappa shape index (κ2) is 4.55. The number of nitrogens with two attached hydrogens (primary N) is 1. The highest BCUT2D eigenvalue weighted by atomic mass is 19.3. The number of nitrogens with zero attached hydrogens (tertiary/aromatic N) is 2. The van der Waals surface area contributed by atoms with Crippen LogP contribution in [0.1, 0.15) is 17.7 Å². The number of nitrogen functional groups attached to an aromatic ring is 1. The molecule has 0 aromatic carbocycles. The van der Waals surface area contributed by atoms with Gasteiger partial charge in [0.25, 0.3) is 6.43 Å². The van der Waals surface area contributed by atoms with Crippen molar-refractivity contribution in [2.45, 2.75) is 12.8 Å². The van der Waals surface area contributed by atoms with Gasteiger partial charge < -0.3 is 10.5 Å². The van der Waals surface area contributed by atoms with E-state index < -0.39 is 12.1 Å². The van der Waals surface area contributed by atoms with Gasteiger partial charge in [-0.05, 0) is 0 Å². The van der Waals surface area contributed by atoms with Crippen molar-refractivity contribution in [1.29, 1.82) is 5.26 Å². The lowest BCUT2D eigenvalue weighted by Crippen LogP contribution is -2.05. The van der Waals surface area contributed by atoms with Crippen LogP contribution in [0.4, 0.5) is 14.5 Å². The molecule has 0 atom stereocenters. The number of rotatable bonds is 3. The molecule has 1 heterocycles. The van der Waals surface area contributed by atoms with Crippen molar-refractivity contribution < 1.29 is 13.5 Å². The third-order valence-electron chi connectivity index (χ3n) is 1.84. The fraction of sp³-hybridized carbons (Fsp3) is 0.333. The summed E-state index contributed by atoms with van der Waals surface area (Å²) in [5.41, 5.74) is 5.18. The van der Waals surface area contributed by atoms with Gasteiger partial charge in [-0.25, -0.2) is 13.8 Å². The molecule has 0 unspecified atom stereocenters. The highest BCUT2D eigenvalue weighted by Crippen LogP contribution is 2.28. The number of anilines is 1. The molecule has 80 valence electrons. The SMILES string of the molecule is COc1cc(N)c(CC#N)c(C(F)F)n1. The maximum Gasteiger partial charge on any atom is 0.280 e. The zero-order chi connectivity index (χ0) is 11.4. The van der Waals surface area contributed by atoms with Crippen LogP contribution in [0.25, 0.3) is 0 Å². The fourth-order valence-electron chi connectivity index (χ4n) is 1.14. The zero-order valence-corrected chi connectivity index (χ0v) is 8.00. The van der Waals surface area contributed by atoms with E-state index in [9.17, 15) is 8.78 Å². The van der Waals surface area contributed by atoms with Crippen molar-refractivity contribution in [3.63, 3.8) is 0 Å². The van der Waals surface area contributed by atoms with Crippen LogP contribution in [0.3, 0.4) is 0 Å². The highest BCUT2D eigenvalue weighted by Gasteiger charge is 2.18. The summed E-state index contributed by atoms with van der Waals surface area (Å²) in [6.07, 6.45) is -2.96. The lowest BCUT2D eigenvalue weighted by atomic mass is 10.1. The standard InChI is InChI=1S/C9H9F2N3O/c1-15-7-4-6(13)5(2-3-12)8(14-7)9(10)11/h4,9H,2H2,1H3,(H2,13,14). The van der Waals surface area contributed by atoms with Gasteiger partial charge in [0.2, 0.25) is 5.88 Å². The van der Waals surface area contributed by atoms with Gasteiger partial charge in [0, 0.05) is 17.3 Å². The second-order valence-electron chi connectivity index (χ2n) is 2.75. The van der Waals surface area contributed by atoms with E-state index in [4.69, 9.17) is 15.7 Å². The van der Waals surface area contributed by atoms with Crippen LogP contribution in [0.15, 0.2) is 6.07 Å². The Morgan fingerprint density at radius 3 is 2.80 bits per heavy atom. The summed E-state index contributed by atoms with van der Waals surface area (Å²) in [5, 5.41) is 8.47. The molecule has 1 aromatic rings. The van der Waals surface area contributed by atoms with Crippen molar-refractivity contribution in [2.75, 3.05) is 12.8 Å². The molecular weight excluding hydrogens is 204 g/mol. The van der Waals surface area contributed by atoms with Gasteiger partial charge in [-0.15, -0.1) is 0 Å². The molecule has 6 heteroatoms. The molecule has 0 aliphatic heterocycles. The number of hydrogen-bond donors (Lipinski definition) is 1. The molecule has 0 aliphatic rings. The Bertz CT molecular complexity index is 401. The highest BCUT2D eigenvalue weighted by molar-refractivity contribution is 5.53.